The molecule has 0 aromatic rings. The molecular weight excluding hydrogens is 170 g/mol. The van der Waals surface area contributed by atoms with Crippen molar-refractivity contribution in [3.05, 3.63) is 12.2 Å². The van der Waals surface area contributed by atoms with E-state index in [0.717, 1.165) is 18.4 Å². The third kappa shape index (κ3) is 3.83. The van der Waals surface area contributed by atoms with Gasteiger partial charge in [0, 0.05) is 0 Å². The third-order valence-electron chi connectivity index (χ3n) is 3.44. The molecule has 82 valence electrons. The van der Waals surface area contributed by atoms with Crippen LogP contribution in [0, 0.1) is 11.8 Å². The van der Waals surface area contributed by atoms with Crippen LogP contribution < -0.4 is 5.32 Å². The molecule has 1 saturated carbocycles. The minimum Gasteiger partial charge on any atom is -0.319 e. The molecule has 0 heterocycles. The van der Waals surface area contributed by atoms with Crippen LogP contribution in [0.25, 0.3) is 0 Å². The zero-order chi connectivity index (χ0) is 10.2. The lowest BCUT2D eigenvalue weighted by molar-refractivity contribution is 0.276. The first-order valence-corrected chi connectivity index (χ1v) is 6.19. The summed E-state index contributed by atoms with van der Waals surface area (Å²) in [6.45, 7) is 3.45. The van der Waals surface area contributed by atoms with Crippen LogP contribution in [0.15, 0.2) is 12.2 Å². The van der Waals surface area contributed by atoms with Gasteiger partial charge in [0.2, 0.25) is 0 Å². The summed E-state index contributed by atoms with van der Waals surface area (Å²) in [7, 11) is 2.02. The van der Waals surface area contributed by atoms with E-state index in [2.05, 4.69) is 24.4 Å². The van der Waals surface area contributed by atoms with E-state index in [1.165, 1.54) is 38.5 Å². The van der Waals surface area contributed by atoms with Gasteiger partial charge in [0.25, 0.3) is 0 Å². The number of nitrogens with one attached hydrogen (secondary N) is 1. The molecule has 0 amide bonds. The Bertz CT molecular complexity index is 163. The van der Waals surface area contributed by atoms with E-state index < -0.39 is 0 Å². The Morgan fingerprint density at radius 3 is 2.79 bits per heavy atom. The Morgan fingerprint density at radius 2 is 2.07 bits per heavy atom. The van der Waals surface area contributed by atoms with E-state index in [4.69, 9.17) is 0 Å². The van der Waals surface area contributed by atoms with Crippen molar-refractivity contribution in [2.24, 2.45) is 11.8 Å². The molecule has 0 saturated heterocycles. The fourth-order valence-electron chi connectivity index (χ4n) is 2.50. The van der Waals surface area contributed by atoms with Gasteiger partial charge in [0.15, 0.2) is 0 Å². The lowest BCUT2D eigenvalue weighted by Gasteiger charge is -2.28. The van der Waals surface area contributed by atoms with Gasteiger partial charge in [-0.15, -0.1) is 0 Å². The maximum absolute atomic E-state index is 3.18. The fraction of sp³-hybridized carbons (Fsp3) is 0.846. The normalized spacial score (nSPS) is 28.4. The molecule has 0 radical (unpaired) electrons. The predicted octanol–water partition coefficient (Wildman–Crippen LogP) is 3.37. The summed E-state index contributed by atoms with van der Waals surface area (Å²) in [6, 6.07) is 0. The Morgan fingerprint density at radius 1 is 1.29 bits per heavy atom. The van der Waals surface area contributed by atoms with Crippen LogP contribution in [-0.4, -0.2) is 13.6 Å². The number of hydrogen-bond donors (Lipinski definition) is 1. The summed E-state index contributed by atoms with van der Waals surface area (Å²) >= 11 is 0. The van der Waals surface area contributed by atoms with Crippen LogP contribution in [0.1, 0.15) is 45.4 Å². The fourth-order valence-corrected chi connectivity index (χ4v) is 2.50. The Balaban J connectivity index is 2.28. The maximum Gasteiger partial charge on any atom is -0.00173 e. The highest BCUT2D eigenvalue weighted by Gasteiger charge is 2.20. The lowest BCUT2D eigenvalue weighted by Crippen LogP contribution is -2.16. The van der Waals surface area contributed by atoms with Crippen molar-refractivity contribution < 1.29 is 0 Å². The third-order valence-corrected chi connectivity index (χ3v) is 3.44. The Labute approximate surface area is 89.0 Å². The quantitative estimate of drug-likeness (QED) is 0.524. The SMILES string of the molecule is CCC1CCCCC1/C=C/CCNC. The van der Waals surface area contributed by atoms with Crippen molar-refractivity contribution in [1.29, 1.82) is 0 Å². The van der Waals surface area contributed by atoms with Gasteiger partial charge in [-0.2, -0.15) is 0 Å². The van der Waals surface area contributed by atoms with Gasteiger partial charge in [-0.25, -0.2) is 0 Å². The van der Waals surface area contributed by atoms with Crippen molar-refractivity contribution in [3.63, 3.8) is 0 Å². The molecule has 1 N–H and O–H groups in total. The molecular formula is C13H25N. The standard InChI is InChI=1S/C13H25N/c1-3-12-8-4-5-9-13(12)10-6-7-11-14-2/h6,10,12-14H,3-5,7-9,11H2,1-2H3/b10-6+. The zero-order valence-corrected chi connectivity index (χ0v) is 9.76. The zero-order valence-electron chi connectivity index (χ0n) is 9.76. The molecule has 2 atom stereocenters. The van der Waals surface area contributed by atoms with E-state index in [9.17, 15) is 0 Å². The number of allylic oxidation sites excluding steroid dienone is 1. The highest BCUT2D eigenvalue weighted by atomic mass is 14.8. The van der Waals surface area contributed by atoms with Gasteiger partial charge < -0.3 is 5.32 Å². The molecule has 1 rings (SSSR count). The van der Waals surface area contributed by atoms with E-state index >= 15 is 0 Å². The molecule has 1 nitrogen and oxygen atoms in total. The summed E-state index contributed by atoms with van der Waals surface area (Å²) in [5.74, 6) is 1.85. The summed E-state index contributed by atoms with van der Waals surface area (Å²) < 4.78 is 0. The van der Waals surface area contributed by atoms with Crippen molar-refractivity contribution >= 4 is 0 Å². The maximum atomic E-state index is 3.18. The second-order valence-electron chi connectivity index (χ2n) is 4.44. The molecule has 14 heavy (non-hydrogen) atoms. The summed E-state index contributed by atoms with van der Waals surface area (Å²) in [6.07, 6.45) is 13.2. The molecule has 1 fully saturated rings. The monoisotopic (exact) mass is 195 g/mol. The predicted molar refractivity (Wildman–Crippen MR) is 63.4 cm³/mol. The van der Waals surface area contributed by atoms with E-state index in [1.54, 1.807) is 0 Å². The number of hydrogen-bond acceptors (Lipinski definition) is 1. The van der Waals surface area contributed by atoms with Gasteiger partial charge in [0.1, 0.15) is 0 Å². The van der Waals surface area contributed by atoms with Crippen molar-refractivity contribution in [3.8, 4) is 0 Å². The lowest BCUT2D eigenvalue weighted by atomic mass is 9.77. The van der Waals surface area contributed by atoms with Gasteiger partial charge in [0.05, 0.1) is 0 Å². The van der Waals surface area contributed by atoms with Crippen LogP contribution in [0.2, 0.25) is 0 Å². The largest absolute Gasteiger partial charge is 0.319 e. The first-order valence-electron chi connectivity index (χ1n) is 6.19. The van der Waals surface area contributed by atoms with Crippen LogP contribution in [0.3, 0.4) is 0 Å². The van der Waals surface area contributed by atoms with Crippen molar-refractivity contribution in [1.82, 2.24) is 5.32 Å². The first-order chi connectivity index (χ1) is 6.88. The summed E-state index contributed by atoms with van der Waals surface area (Å²) in [5.41, 5.74) is 0. The highest BCUT2D eigenvalue weighted by Crippen LogP contribution is 2.32. The average molecular weight is 195 g/mol. The van der Waals surface area contributed by atoms with Crippen molar-refractivity contribution in [2.75, 3.05) is 13.6 Å². The summed E-state index contributed by atoms with van der Waals surface area (Å²) in [4.78, 5) is 0. The topological polar surface area (TPSA) is 12.0 Å². The second-order valence-corrected chi connectivity index (χ2v) is 4.44. The molecule has 1 aliphatic rings. The minimum atomic E-state index is 0.880. The van der Waals surface area contributed by atoms with Gasteiger partial charge in [-0.05, 0) is 44.7 Å². The molecule has 2 unspecified atom stereocenters. The van der Waals surface area contributed by atoms with Gasteiger partial charge in [-0.3, -0.25) is 0 Å². The number of rotatable bonds is 5. The van der Waals surface area contributed by atoms with E-state index in [0.29, 0.717) is 0 Å². The van der Waals surface area contributed by atoms with Crippen LogP contribution >= 0.6 is 0 Å². The molecule has 0 aromatic carbocycles. The molecule has 0 bridgehead atoms. The molecule has 1 aliphatic carbocycles. The van der Waals surface area contributed by atoms with Crippen LogP contribution in [0.5, 0.6) is 0 Å². The van der Waals surface area contributed by atoms with Crippen LogP contribution in [0.4, 0.5) is 0 Å². The molecule has 1 heteroatoms. The first kappa shape index (κ1) is 11.8. The minimum absolute atomic E-state index is 0.880. The Hall–Kier alpha value is -0.300. The van der Waals surface area contributed by atoms with E-state index in [1.807, 2.05) is 7.05 Å². The van der Waals surface area contributed by atoms with Crippen molar-refractivity contribution in [2.45, 2.75) is 45.4 Å². The molecule has 0 aliphatic heterocycles. The van der Waals surface area contributed by atoms with Gasteiger partial charge >= 0.3 is 0 Å². The van der Waals surface area contributed by atoms with E-state index in [-0.39, 0.29) is 0 Å². The smallest absolute Gasteiger partial charge is 0.00173 e. The second kappa shape index (κ2) is 7.05. The summed E-state index contributed by atoms with van der Waals surface area (Å²) in [5, 5.41) is 3.18. The molecule has 0 spiro atoms. The van der Waals surface area contributed by atoms with Crippen LogP contribution in [-0.2, 0) is 0 Å². The van der Waals surface area contributed by atoms with Gasteiger partial charge in [-0.1, -0.05) is 38.3 Å². The Kier molecular flexibility index (Phi) is 5.93. The average Bonchev–Trinajstić information content (AvgIpc) is 2.25. The molecule has 0 aromatic heterocycles. The highest BCUT2D eigenvalue weighted by molar-refractivity contribution is 4.93.